The van der Waals surface area contributed by atoms with E-state index in [9.17, 15) is 13.2 Å². The Morgan fingerprint density at radius 1 is 1.12 bits per heavy atom. The van der Waals surface area contributed by atoms with Gasteiger partial charge in [0.1, 0.15) is 0 Å². The molecule has 0 amide bonds. The lowest BCUT2D eigenvalue weighted by atomic mass is 10.0. The molecule has 2 aromatic rings. The van der Waals surface area contributed by atoms with E-state index in [-0.39, 0.29) is 13.2 Å². The van der Waals surface area contributed by atoms with Crippen molar-refractivity contribution < 1.29 is 23.0 Å². The number of hydrogen-bond acceptors (Lipinski definition) is 3. The Labute approximate surface area is 139 Å². The van der Waals surface area contributed by atoms with E-state index in [0.717, 1.165) is 23.4 Å². The van der Waals surface area contributed by atoms with Gasteiger partial charge < -0.3 is 15.2 Å². The van der Waals surface area contributed by atoms with E-state index in [1.54, 1.807) is 6.07 Å². The van der Waals surface area contributed by atoms with E-state index in [1.807, 2.05) is 24.3 Å². The molecule has 0 saturated carbocycles. The van der Waals surface area contributed by atoms with Crippen molar-refractivity contribution in [3.8, 4) is 0 Å². The van der Waals surface area contributed by atoms with Gasteiger partial charge in [-0.3, -0.25) is 0 Å². The molecule has 0 saturated heterocycles. The first-order chi connectivity index (χ1) is 11.4. The van der Waals surface area contributed by atoms with Gasteiger partial charge >= 0.3 is 6.18 Å². The van der Waals surface area contributed by atoms with E-state index in [4.69, 9.17) is 9.84 Å². The Morgan fingerprint density at radius 2 is 1.83 bits per heavy atom. The van der Waals surface area contributed by atoms with Crippen molar-refractivity contribution in [3.63, 3.8) is 0 Å². The third kappa shape index (κ3) is 4.97. The molecule has 2 N–H and O–H groups in total. The summed E-state index contributed by atoms with van der Waals surface area (Å²) in [5.74, 6) is 0. The Morgan fingerprint density at radius 3 is 2.42 bits per heavy atom. The van der Waals surface area contributed by atoms with Crippen molar-refractivity contribution in [3.05, 3.63) is 65.2 Å². The lowest BCUT2D eigenvalue weighted by molar-refractivity contribution is -0.137. The summed E-state index contributed by atoms with van der Waals surface area (Å²) < 4.78 is 43.8. The zero-order valence-corrected chi connectivity index (χ0v) is 13.3. The van der Waals surface area contributed by atoms with Gasteiger partial charge in [0.25, 0.3) is 0 Å². The fourth-order valence-electron chi connectivity index (χ4n) is 2.42. The molecule has 2 rings (SSSR count). The van der Waals surface area contributed by atoms with Gasteiger partial charge in [0.2, 0.25) is 0 Å². The molecule has 0 aliphatic carbocycles. The minimum Gasteiger partial charge on any atom is -0.396 e. The van der Waals surface area contributed by atoms with Crippen LogP contribution in [0.4, 0.5) is 18.9 Å². The van der Waals surface area contributed by atoms with Crippen LogP contribution in [0.15, 0.2) is 48.5 Å². The van der Waals surface area contributed by atoms with Crippen LogP contribution in [0.2, 0.25) is 0 Å². The Bertz CT molecular complexity index is 641. The Balaban J connectivity index is 2.20. The second-order valence-electron chi connectivity index (χ2n) is 5.45. The maximum Gasteiger partial charge on any atom is 0.416 e. The molecule has 2 aromatic carbocycles. The van der Waals surface area contributed by atoms with E-state index in [0.29, 0.717) is 12.0 Å². The van der Waals surface area contributed by atoms with E-state index in [1.165, 1.54) is 13.2 Å². The number of hydrogen-bond donors (Lipinski definition) is 2. The second-order valence-corrected chi connectivity index (χ2v) is 5.45. The van der Waals surface area contributed by atoms with Crippen molar-refractivity contribution in [1.29, 1.82) is 0 Å². The van der Waals surface area contributed by atoms with Crippen LogP contribution in [0.3, 0.4) is 0 Å². The zero-order valence-electron chi connectivity index (χ0n) is 13.3. The summed E-state index contributed by atoms with van der Waals surface area (Å²) in [6.07, 6.45) is -3.81. The standard InChI is InChI=1S/C18H20F3NO2/c1-24-12-17(14-3-2-4-15(11-14)18(19,20)21)22-16-7-5-13(6-8-16)9-10-23/h2-8,11,17,22-23H,9-10,12H2,1H3. The molecule has 0 aliphatic heterocycles. The predicted molar refractivity (Wildman–Crippen MR) is 86.9 cm³/mol. The van der Waals surface area contributed by atoms with Crippen molar-refractivity contribution in [1.82, 2.24) is 0 Å². The highest BCUT2D eigenvalue weighted by Crippen LogP contribution is 2.31. The van der Waals surface area contributed by atoms with Crippen molar-refractivity contribution >= 4 is 5.69 Å². The first-order valence-electron chi connectivity index (χ1n) is 7.56. The van der Waals surface area contributed by atoms with Gasteiger partial charge in [-0.15, -0.1) is 0 Å². The highest BCUT2D eigenvalue weighted by atomic mass is 19.4. The second kappa shape index (κ2) is 8.17. The molecule has 0 aromatic heterocycles. The first kappa shape index (κ1) is 18.3. The third-order valence-corrected chi connectivity index (χ3v) is 3.64. The zero-order chi connectivity index (χ0) is 17.6. The maximum absolute atomic E-state index is 12.9. The number of halogens is 3. The summed E-state index contributed by atoms with van der Waals surface area (Å²) in [6.45, 7) is 0.309. The number of ether oxygens (including phenoxy) is 1. The van der Waals surface area contributed by atoms with Gasteiger partial charge in [0.05, 0.1) is 18.2 Å². The molecule has 130 valence electrons. The number of nitrogens with one attached hydrogen (secondary N) is 1. The molecule has 0 aliphatic rings. The van der Waals surface area contributed by atoms with Crippen molar-refractivity contribution in [2.75, 3.05) is 25.6 Å². The maximum atomic E-state index is 12.9. The van der Waals surface area contributed by atoms with Crippen LogP contribution in [0.1, 0.15) is 22.7 Å². The number of rotatable bonds is 7. The summed E-state index contributed by atoms with van der Waals surface area (Å²) in [5.41, 5.74) is 1.59. The van der Waals surface area contributed by atoms with E-state index in [2.05, 4.69) is 5.32 Å². The molecule has 1 atom stereocenters. The molecule has 0 radical (unpaired) electrons. The average molecular weight is 339 g/mol. The number of aliphatic hydroxyl groups is 1. The minimum absolute atomic E-state index is 0.0727. The Hall–Kier alpha value is -2.05. The number of benzene rings is 2. The van der Waals surface area contributed by atoms with Crippen molar-refractivity contribution in [2.24, 2.45) is 0 Å². The van der Waals surface area contributed by atoms with Crippen LogP contribution in [0.25, 0.3) is 0 Å². The topological polar surface area (TPSA) is 41.5 Å². The molecule has 6 heteroatoms. The van der Waals surface area contributed by atoms with E-state index < -0.39 is 17.8 Å². The molecule has 0 heterocycles. The molecule has 3 nitrogen and oxygen atoms in total. The smallest absolute Gasteiger partial charge is 0.396 e. The summed E-state index contributed by atoms with van der Waals surface area (Å²) in [6, 6.07) is 12.2. The Kier molecular flexibility index (Phi) is 6.23. The molecule has 1 unspecified atom stereocenters. The SMILES string of the molecule is COCC(Nc1ccc(CCO)cc1)c1cccc(C(F)(F)F)c1. The van der Waals surface area contributed by atoms with Gasteiger partial charge in [-0.05, 0) is 41.8 Å². The summed E-state index contributed by atoms with van der Waals surface area (Å²) in [4.78, 5) is 0. The number of aliphatic hydroxyl groups excluding tert-OH is 1. The third-order valence-electron chi connectivity index (χ3n) is 3.64. The molecule has 24 heavy (non-hydrogen) atoms. The lowest BCUT2D eigenvalue weighted by Crippen LogP contribution is -2.17. The van der Waals surface area contributed by atoms with Crippen LogP contribution in [0, 0.1) is 0 Å². The molecule has 0 bridgehead atoms. The van der Waals surface area contributed by atoms with Gasteiger partial charge in [0, 0.05) is 19.4 Å². The number of methoxy groups -OCH3 is 1. The highest BCUT2D eigenvalue weighted by Gasteiger charge is 2.31. The average Bonchev–Trinajstić information content (AvgIpc) is 2.56. The highest BCUT2D eigenvalue weighted by molar-refractivity contribution is 5.47. The van der Waals surface area contributed by atoms with Crippen LogP contribution >= 0.6 is 0 Å². The molecule has 0 spiro atoms. The van der Waals surface area contributed by atoms with Gasteiger partial charge in [-0.1, -0.05) is 24.3 Å². The largest absolute Gasteiger partial charge is 0.416 e. The molecular formula is C18H20F3NO2. The fraction of sp³-hybridized carbons (Fsp3) is 0.333. The summed E-state index contributed by atoms with van der Waals surface area (Å²) in [7, 11) is 1.51. The fourth-order valence-corrected chi connectivity index (χ4v) is 2.42. The van der Waals surface area contributed by atoms with Gasteiger partial charge in [-0.2, -0.15) is 13.2 Å². The van der Waals surface area contributed by atoms with Crippen LogP contribution in [-0.4, -0.2) is 25.4 Å². The predicted octanol–water partition coefficient (Wildman–Crippen LogP) is 4.04. The minimum atomic E-state index is -4.38. The monoisotopic (exact) mass is 339 g/mol. The molecular weight excluding hydrogens is 319 g/mol. The summed E-state index contributed by atoms with van der Waals surface area (Å²) in [5, 5.41) is 12.1. The number of anilines is 1. The van der Waals surface area contributed by atoms with Gasteiger partial charge in [0.15, 0.2) is 0 Å². The van der Waals surface area contributed by atoms with Crippen LogP contribution < -0.4 is 5.32 Å². The van der Waals surface area contributed by atoms with Gasteiger partial charge in [-0.25, -0.2) is 0 Å². The van der Waals surface area contributed by atoms with Crippen LogP contribution in [0.5, 0.6) is 0 Å². The van der Waals surface area contributed by atoms with Crippen LogP contribution in [-0.2, 0) is 17.3 Å². The normalized spacial score (nSPS) is 12.9. The van der Waals surface area contributed by atoms with Crippen molar-refractivity contribution in [2.45, 2.75) is 18.6 Å². The first-order valence-corrected chi connectivity index (χ1v) is 7.56. The number of alkyl halides is 3. The van der Waals surface area contributed by atoms with E-state index >= 15 is 0 Å². The summed E-state index contributed by atoms with van der Waals surface area (Å²) >= 11 is 0. The lowest BCUT2D eigenvalue weighted by Gasteiger charge is -2.21. The molecule has 0 fully saturated rings. The quantitative estimate of drug-likeness (QED) is 0.800.